The maximum Gasteiger partial charge on any atom is 0.310 e. The van der Waals surface area contributed by atoms with E-state index in [4.69, 9.17) is 4.74 Å². The lowest BCUT2D eigenvalue weighted by atomic mass is 10.1. The second-order valence-corrected chi connectivity index (χ2v) is 4.10. The predicted molar refractivity (Wildman–Crippen MR) is 54.5 cm³/mol. The first-order valence-electron chi connectivity index (χ1n) is 4.48. The molecule has 1 unspecified atom stereocenters. The van der Waals surface area contributed by atoms with Crippen LogP contribution >= 0.6 is 11.8 Å². The van der Waals surface area contributed by atoms with Crippen LogP contribution in [0.3, 0.4) is 0 Å². The van der Waals surface area contributed by atoms with Gasteiger partial charge in [0, 0.05) is 5.75 Å². The summed E-state index contributed by atoms with van der Waals surface area (Å²) < 4.78 is 5.00. The Morgan fingerprint density at radius 2 is 2.54 bits per heavy atom. The van der Waals surface area contributed by atoms with Crippen LogP contribution < -0.4 is 0 Å². The molecular formula is C10H14O2S. The zero-order valence-corrected chi connectivity index (χ0v) is 8.65. The highest BCUT2D eigenvalue weighted by atomic mass is 32.2. The number of esters is 1. The molecule has 0 amide bonds. The molecule has 0 aliphatic carbocycles. The van der Waals surface area contributed by atoms with Gasteiger partial charge in [-0.1, -0.05) is 5.92 Å². The molecule has 1 rings (SSSR count). The molecule has 3 heteroatoms. The Bertz CT molecular complexity index is 221. The van der Waals surface area contributed by atoms with E-state index in [2.05, 4.69) is 11.8 Å². The highest BCUT2D eigenvalue weighted by Crippen LogP contribution is 2.23. The summed E-state index contributed by atoms with van der Waals surface area (Å²) in [7, 11) is 0. The lowest BCUT2D eigenvalue weighted by Gasteiger charge is -2.18. The zero-order valence-electron chi connectivity index (χ0n) is 7.84. The highest BCUT2D eigenvalue weighted by Gasteiger charge is 2.22. The van der Waals surface area contributed by atoms with E-state index < -0.39 is 0 Å². The SMILES string of the molecule is CC#CCOC(=O)C1CCCSC1. The molecule has 1 fully saturated rings. The van der Waals surface area contributed by atoms with E-state index in [0.29, 0.717) is 0 Å². The fraction of sp³-hybridized carbons (Fsp3) is 0.700. The summed E-state index contributed by atoms with van der Waals surface area (Å²) in [5, 5.41) is 0. The molecule has 1 aliphatic heterocycles. The molecule has 2 nitrogen and oxygen atoms in total. The maximum atomic E-state index is 11.4. The van der Waals surface area contributed by atoms with Crippen molar-refractivity contribution in [3.63, 3.8) is 0 Å². The molecule has 0 aromatic rings. The monoisotopic (exact) mass is 198 g/mol. The predicted octanol–water partition coefficient (Wildman–Crippen LogP) is 1.70. The summed E-state index contributed by atoms with van der Waals surface area (Å²) in [5.41, 5.74) is 0. The Morgan fingerprint density at radius 3 is 3.15 bits per heavy atom. The van der Waals surface area contributed by atoms with Gasteiger partial charge in [-0.3, -0.25) is 4.79 Å². The van der Waals surface area contributed by atoms with Crippen LogP contribution in [0, 0.1) is 17.8 Å². The molecule has 0 aromatic carbocycles. The lowest BCUT2D eigenvalue weighted by molar-refractivity contribution is -0.146. The second kappa shape index (κ2) is 5.93. The van der Waals surface area contributed by atoms with Crippen molar-refractivity contribution in [3.05, 3.63) is 0 Å². The lowest BCUT2D eigenvalue weighted by Crippen LogP contribution is -2.23. The van der Waals surface area contributed by atoms with Crippen LogP contribution in [0.1, 0.15) is 19.8 Å². The summed E-state index contributed by atoms with van der Waals surface area (Å²) in [6.45, 7) is 1.99. The van der Waals surface area contributed by atoms with Gasteiger partial charge in [0.2, 0.25) is 0 Å². The number of thioether (sulfide) groups is 1. The van der Waals surface area contributed by atoms with E-state index in [0.717, 1.165) is 18.6 Å². The van der Waals surface area contributed by atoms with Crippen molar-refractivity contribution in [1.82, 2.24) is 0 Å². The van der Waals surface area contributed by atoms with E-state index in [1.807, 2.05) is 11.8 Å². The third-order valence-electron chi connectivity index (χ3n) is 1.96. The van der Waals surface area contributed by atoms with Gasteiger partial charge in [0.25, 0.3) is 0 Å². The van der Waals surface area contributed by atoms with Gasteiger partial charge < -0.3 is 4.74 Å². The minimum atomic E-state index is -0.0741. The molecule has 1 aliphatic rings. The fourth-order valence-electron chi connectivity index (χ4n) is 1.22. The van der Waals surface area contributed by atoms with Gasteiger partial charge in [-0.15, -0.1) is 5.92 Å². The smallest absolute Gasteiger partial charge is 0.310 e. The van der Waals surface area contributed by atoms with E-state index in [1.54, 1.807) is 6.92 Å². The van der Waals surface area contributed by atoms with Crippen molar-refractivity contribution in [2.75, 3.05) is 18.1 Å². The van der Waals surface area contributed by atoms with Gasteiger partial charge in [0.05, 0.1) is 5.92 Å². The first-order valence-corrected chi connectivity index (χ1v) is 5.64. The molecule has 13 heavy (non-hydrogen) atoms. The van der Waals surface area contributed by atoms with Crippen molar-refractivity contribution in [1.29, 1.82) is 0 Å². The second-order valence-electron chi connectivity index (χ2n) is 2.95. The van der Waals surface area contributed by atoms with Crippen molar-refractivity contribution in [3.8, 4) is 11.8 Å². The number of hydrogen-bond acceptors (Lipinski definition) is 3. The molecule has 1 atom stereocenters. The molecule has 0 N–H and O–H groups in total. The van der Waals surface area contributed by atoms with Gasteiger partial charge in [-0.05, 0) is 25.5 Å². The van der Waals surface area contributed by atoms with E-state index in [-0.39, 0.29) is 18.5 Å². The molecule has 0 aromatic heterocycles. The Labute approximate surface area is 83.4 Å². The third-order valence-corrected chi connectivity index (χ3v) is 3.17. The third kappa shape index (κ3) is 3.73. The van der Waals surface area contributed by atoms with Crippen LogP contribution in [0.25, 0.3) is 0 Å². The van der Waals surface area contributed by atoms with Crippen molar-refractivity contribution in [2.24, 2.45) is 5.92 Å². The molecular weight excluding hydrogens is 184 g/mol. The first-order chi connectivity index (χ1) is 6.34. The molecule has 0 radical (unpaired) electrons. The number of rotatable bonds is 2. The van der Waals surface area contributed by atoms with Crippen LogP contribution in [0.15, 0.2) is 0 Å². The van der Waals surface area contributed by atoms with E-state index in [1.165, 1.54) is 5.75 Å². The molecule has 0 saturated carbocycles. The van der Waals surface area contributed by atoms with Gasteiger partial charge >= 0.3 is 5.97 Å². The van der Waals surface area contributed by atoms with E-state index in [9.17, 15) is 4.79 Å². The number of carbonyl (C=O) groups excluding carboxylic acids is 1. The van der Waals surface area contributed by atoms with Gasteiger partial charge in [-0.2, -0.15) is 11.8 Å². The Kier molecular flexibility index (Phi) is 4.77. The molecule has 0 bridgehead atoms. The number of carbonyl (C=O) groups is 1. The zero-order chi connectivity index (χ0) is 9.52. The minimum Gasteiger partial charge on any atom is -0.452 e. The van der Waals surface area contributed by atoms with Crippen LogP contribution in [0.2, 0.25) is 0 Å². The number of ether oxygens (including phenoxy) is 1. The topological polar surface area (TPSA) is 26.3 Å². The summed E-state index contributed by atoms with van der Waals surface area (Å²) >= 11 is 1.83. The van der Waals surface area contributed by atoms with Crippen LogP contribution in [-0.2, 0) is 9.53 Å². The minimum absolute atomic E-state index is 0.0741. The molecule has 1 heterocycles. The Balaban J connectivity index is 2.23. The molecule has 72 valence electrons. The largest absolute Gasteiger partial charge is 0.452 e. The molecule has 0 spiro atoms. The summed E-state index contributed by atoms with van der Waals surface area (Å²) in [4.78, 5) is 11.4. The van der Waals surface area contributed by atoms with E-state index >= 15 is 0 Å². The Morgan fingerprint density at radius 1 is 1.69 bits per heavy atom. The standard InChI is InChI=1S/C10H14O2S/c1-2-3-6-12-10(11)9-5-4-7-13-8-9/h9H,4-8H2,1H3. The fourth-order valence-corrected chi connectivity index (χ4v) is 2.35. The summed E-state index contributed by atoms with van der Waals surface area (Å²) in [5.74, 6) is 7.54. The van der Waals surface area contributed by atoms with Gasteiger partial charge in [0.1, 0.15) is 0 Å². The molecule has 1 saturated heterocycles. The van der Waals surface area contributed by atoms with Crippen molar-refractivity contribution in [2.45, 2.75) is 19.8 Å². The average molecular weight is 198 g/mol. The summed E-state index contributed by atoms with van der Waals surface area (Å²) in [6, 6.07) is 0. The normalized spacial score (nSPS) is 21.5. The first kappa shape index (κ1) is 10.5. The Hall–Kier alpha value is -0.620. The quantitative estimate of drug-likeness (QED) is 0.499. The maximum absolute atomic E-state index is 11.4. The van der Waals surface area contributed by atoms with Crippen molar-refractivity contribution < 1.29 is 9.53 Å². The average Bonchev–Trinajstić information content (AvgIpc) is 2.19. The number of hydrogen-bond donors (Lipinski definition) is 0. The van der Waals surface area contributed by atoms with Crippen LogP contribution in [-0.4, -0.2) is 24.1 Å². The van der Waals surface area contributed by atoms with Gasteiger partial charge in [-0.25, -0.2) is 0 Å². The highest BCUT2D eigenvalue weighted by molar-refractivity contribution is 7.99. The summed E-state index contributed by atoms with van der Waals surface area (Å²) in [6.07, 6.45) is 2.11. The van der Waals surface area contributed by atoms with Crippen LogP contribution in [0.5, 0.6) is 0 Å². The van der Waals surface area contributed by atoms with Crippen molar-refractivity contribution >= 4 is 17.7 Å². The van der Waals surface area contributed by atoms with Gasteiger partial charge in [0.15, 0.2) is 6.61 Å². The van der Waals surface area contributed by atoms with Crippen LogP contribution in [0.4, 0.5) is 0 Å².